The number of benzene rings is 1. The average Bonchev–Trinajstić information content (AvgIpc) is 2.80. The summed E-state index contributed by atoms with van der Waals surface area (Å²) >= 11 is 0. The summed E-state index contributed by atoms with van der Waals surface area (Å²) in [5.74, 6) is 1.76. The maximum absolute atomic E-state index is 5.86. The molecule has 2 aromatic rings. The van der Waals surface area contributed by atoms with Crippen LogP contribution in [0.2, 0.25) is 0 Å². The fraction of sp³-hybridized carbons (Fsp3) is 0.333. The van der Waals surface area contributed by atoms with E-state index in [1.807, 2.05) is 44.2 Å². The van der Waals surface area contributed by atoms with Crippen LogP contribution < -0.4 is 15.8 Å². The third-order valence-corrected chi connectivity index (χ3v) is 2.58. The third-order valence-electron chi connectivity index (χ3n) is 2.58. The Morgan fingerprint density at radius 1 is 1.32 bits per heavy atom. The van der Waals surface area contributed by atoms with Crippen molar-refractivity contribution in [2.75, 3.05) is 17.6 Å². The van der Waals surface area contributed by atoms with Crippen LogP contribution in [0.15, 0.2) is 41.0 Å². The van der Waals surface area contributed by atoms with Crippen LogP contribution in [0, 0.1) is 0 Å². The summed E-state index contributed by atoms with van der Waals surface area (Å²) < 4.78 is 10.9. The number of anilines is 2. The van der Waals surface area contributed by atoms with Crippen LogP contribution in [-0.4, -0.2) is 12.6 Å². The predicted molar refractivity (Wildman–Crippen MR) is 77.5 cm³/mol. The Hall–Kier alpha value is -2.10. The van der Waals surface area contributed by atoms with Crippen molar-refractivity contribution in [2.24, 2.45) is 0 Å². The van der Waals surface area contributed by atoms with Crippen molar-refractivity contribution in [1.82, 2.24) is 0 Å². The molecule has 102 valence electrons. The maximum Gasteiger partial charge on any atom is 0.123 e. The number of hydrogen-bond donors (Lipinski definition) is 2. The van der Waals surface area contributed by atoms with E-state index in [0.29, 0.717) is 5.69 Å². The van der Waals surface area contributed by atoms with Crippen molar-refractivity contribution in [2.45, 2.75) is 26.4 Å². The molecule has 0 bridgehead atoms. The Kier molecular flexibility index (Phi) is 4.34. The lowest BCUT2D eigenvalue weighted by molar-refractivity contribution is 0.242. The van der Waals surface area contributed by atoms with Crippen LogP contribution in [0.5, 0.6) is 5.75 Å². The van der Waals surface area contributed by atoms with Gasteiger partial charge in [0.15, 0.2) is 0 Å². The number of furan rings is 1. The number of ether oxygens (including phenoxy) is 1. The average molecular weight is 260 g/mol. The monoisotopic (exact) mass is 260 g/mol. The van der Waals surface area contributed by atoms with Gasteiger partial charge in [0.25, 0.3) is 0 Å². The summed E-state index contributed by atoms with van der Waals surface area (Å²) in [6.45, 7) is 4.78. The van der Waals surface area contributed by atoms with Gasteiger partial charge in [0.1, 0.15) is 11.5 Å². The Morgan fingerprint density at radius 3 is 2.84 bits per heavy atom. The van der Waals surface area contributed by atoms with Crippen LogP contribution in [-0.2, 0) is 6.42 Å². The highest BCUT2D eigenvalue weighted by molar-refractivity contribution is 5.59. The van der Waals surface area contributed by atoms with Crippen LogP contribution in [0.3, 0.4) is 0 Å². The summed E-state index contributed by atoms with van der Waals surface area (Å²) in [4.78, 5) is 0. The summed E-state index contributed by atoms with van der Waals surface area (Å²) in [7, 11) is 0. The van der Waals surface area contributed by atoms with E-state index in [1.165, 1.54) is 0 Å². The summed E-state index contributed by atoms with van der Waals surface area (Å²) in [6.07, 6.45) is 2.66. The SMILES string of the molecule is CC(C)Oc1cc(N)cc(NCCc2ccco2)c1. The lowest BCUT2D eigenvalue weighted by atomic mass is 10.2. The zero-order valence-electron chi connectivity index (χ0n) is 11.3. The van der Waals surface area contributed by atoms with Crippen LogP contribution in [0.4, 0.5) is 11.4 Å². The van der Waals surface area contributed by atoms with Crippen LogP contribution in [0.25, 0.3) is 0 Å². The van der Waals surface area contributed by atoms with Crippen LogP contribution in [0.1, 0.15) is 19.6 Å². The number of hydrogen-bond acceptors (Lipinski definition) is 4. The molecule has 2 rings (SSSR count). The minimum absolute atomic E-state index is 0.137. The van der Waals surface area contributed by atoms with Crippen molar-refractivity contribution in [3.8, 4) is 5.75 Å². The van der Waals surface area contributed by atoms with Crippen molar-refractivity contribution >= 4 is 11.4 Å². The van der Waals surface area contributed by atoms with Gasteiger partial charge in [-0.05, 0) is 32.0 Å². The molecular formula is C15H20N2O2. The molecule has 3 N–H and O–H groups in total. The molecule has 0 spiro atoms. The number of rotatable bonds is 6. The molecule has 0 atom stereocenters. The smallest absolute Gasteiger partial charge is 0.123 e. The Balaban J connectivity index is 1.93. The Labute approximate surface area is 113 Å². The largest absolute Gasteiger partial charge is 0.491 e. The molecule has 4 heteroatoms. The first-order chi connectivity index (χ1) is 9.13. The lowest BCUT2D eigenvalue weighted by Gasteiger charge is -2.13. The predicted octanol–water partition coefficient (Wildman–Crippen LogP) is 3.30. The van der Waals surface area contributed by atoms with Gasteiger partial charge in [-0.3, -0.25) is 0 Å². The second-order valence-corrected chi connectivity index (χ2v) is 4.71. The molecule has 0 radical (unpaired) electrons. The van der Waals surface area contributed by atoms with Gasteiger partial charge in [0, 0.05) is 36.5 Å². The molecule has 19 heavy (non-hydrogen) atoms. The first-order valence-corrected chi connectivity index (χ1v) is 6.47. The summed E-state index contributed by atoms with van der Waals surface area (Å²) in [6, 6.07) is 9.55. The summed E-state index contributed by atoms with van der Waals surface area (Å²) in [5.41, 5.74) is 7.52. The first-order valence-electron chi connectivity index (χ1n) is 6.47. The molecular weight excluding hydrogens is 240 g/mol. The first kappa shape index (κ1) is 13.3. The van der Waals surface area contributed by atoms with E-state index in [4.69, 9.17) is 14.9 Å². The van der Waals surface area contributed by atoms with Gasteiger partial charge >= 0.3 is 0 Å². The third kappa shape index (κ3) is 4.25. The second kappa shape index (κ2) is 6.18. The van der Waals surface area contributed by atoms with Gasteiger partial charge in [-0.25, -0.2) is 0 Å². The quantitative estimate of drug-likeness (QED) is 0.782. The zero-order chi connectivity index (χ0) is 13.7. The van der Waals surface area contributed by atoms with Crippen molar-refractivity contribution < 1.29 is 9.15 Å². The molecule has 0 aliphatic rings. The molecule has 0 aliphatic carbocycles. The molecule has 0 fully saturated rings. The molecule has 1 heterocycles. The molecule has 1 aromatic heterocycles. The van der Waals surface area contributed by atoms with Gasteiger partial charge in [0.05, 0.1) is 12.4 Å². The van der Waals surface area contributed by atoms with E-state index in [1.54, 1.807) is 6.26 Å². The van der Waals surface area contributed by atoms with Gasteiger partial charge < -0.3 is 20.2 Å². The highest BCUT2D eigenvalue weighted by Crippen LogP contribution is 2.23. The minimum atomic E-state index is 0.137. The standard InChI is InChI=1S/C15H20N2O2/c1-11(2)19-15-9-12(16)8-13(10-15)17-6-5-14-4-3-7-18-14/h3-4,7-11,17H,5-6,16H2,1-2H3. The highest BCUT2D eigenvalue weighted by Gasteiger charge is 2.02. The zero-order valence-corrected chi connectivity index (χ0v) is 11.3. The molecule has 0 saturated carbocycles. The molecule has 0 saturated heterocycles. The second-order valence-electron chi connectivity index (χ2n) is 4.71. The fourth-order valence-electron chi connectivity index (χ4n) is 1.85. The topological polar surface area (TPSA) is 60.4 Å². The number of nitrogens with two attached hydrogens (primary N) is 1. The number of nitrogen functional groups attached to an aromatic ring is 1. The van der Waals surface area contributed by atoms with Crippen LogP contribution >= 0.6 is 0 Å². The van der Waals surface area contributed by atoms with Crippen molar-refractivity contribution in [1.29, 1.82) is 0 Å². The molecule has 0 amide bonds. The highest BCUT2D eigenvalue weighted by atomic mass is 16.5. The van der Waals surface area contributed by atoms with E-state index in [-0.39, 0.29) is 6.10 Å². The van der Waals surface area contributed by atoms with Gasteiger partial charge in [-0.2, -0.15) is 0 Å². The van der Waals surface area contributed by atoms with Gasteiger partial charge in [0.2, 0.25) is 0 Å². The lowest BCUT2D eigenvalue weighted by Crippen LogP contribution is -2.08. The molecule has 4 nitrogen and oxygen atoms in total. The summed E-state index contributed by atoms with van der Waals surface area (Å²) in [5, 5.41) is 3.32. The number of nitrogens with one attached hydrogen (secondary N) is 1. The van der Waals surface area contributed by atoms with E-state index in [2.05, 4.69) is 5.32 Å². The normalized spacial score (nSPS) is 10.7. The van der Waals surface area contributed by atoms with Crippen molar-refractivity contribution in [3.63, 3.8) is 0 Å². The van der Waals surface area contributed by atoms with Gasteiger partial charge in [-0.1, -0.05) is 0 Å². The molecule has 0 unspecified atom stereocenters. The Bertz CT molecular complexity index is 507. The Morgan fingerprint density at radius 2 is 2.16 bits per heavy atom. The van der Waals surface area contributed by atoms with E-state index >= 15 is 0 Å². The molecule has 0 aliphatic heterocycles. The maximum atomic E-state index is 5.86. The van der Waals surface area contributed by atoms with E-state index < -0.39 is 0 Å². The minimum Gasteiger partial charge on any atom is -0.491 e. The fourth-order valence-corrected chi connectivity index (χ4v) is 1.85. The molecule has 1 aromatic carbocycles. The van der Waals surface area contributed by atoms with E-state index in [0.717, 1.165) is 30.2 Å². The van der Waals surface area contributed by atoms with Gasteiger partial charge in [-0.15, -0.1) is 0 Å². The van der Waals surface area contributed by atoms with E-state index in [9.17, 15) is 0 Å². The van der Waals surface area contributed by atoms with Crippen molar-refractivity contribution in [3.05, 3.63) is 42.4 Å².